The van der Waals surface area contributed by atoms with Gasteiger partial charge in [-0.25, -0.2) is 8.42 Å². The second-order valence-electron chi connectivity index (χ2n) is 8.76. The highest BCUT2D eigenvalue weighted by atomic mass is 35.5. The third-order valence-electron chi connectivity index (χ3n) is 5.47. The molecule has 1 N–H and O–H groups in total. The second-order valence-corrected chi connectivity index (χ2v) is 11.1. The molecule has 0 saturated heterocycles. The molecule has 0 saturated carbocycles. The highest BCUT2D eigenvalue weighted by Crippen LogP contribution is 2.22. The van der Waals surface area contributed by atoms with Crippen molar-refractivity contribution in [2.24, 2.45) is 5.92 Å². The highest BCUT2D eigenvalue weighted by molar-refractivity contribution is 7.92. The van der Waals surface area contributed by atoms with E-state index in [2.05, 4.69) is 5.32 Å². The van der Waals surface area contributed by atoms with E-state index >= 15 is 0 Å². The maximum atomic E-state index is 13.6. The molecule has 0 aromatic heterocycles. The van der Waals surface area contributed by atoms with E-state index in [1.807, 2.05) is 52.0 Å². The Hall–Kier alpha value is -2.58. The fourth-order valence-electron chi connectivity index (χ4n) is 3.53. The largest absolute Gasteiger partial charge is 0.354 e. The van der Waals surface area contributed by atoms with E-state index in [-0.39, 0.29) is 18.4 Å². The van der Waals surface area contributed by atoms with Crippen LogP contribution < -0.4 is 9.62 Å². The molecule has 0 unspecified atom stereocenters. The molecule has 34 heavy (non-hydrogen) atoms. The molecule has 9 heteroatoms. The lowest BCUT2D eigenvalue weighted by atomic mass is 10.1. The van der Waals surface area contributed by atoms with Crippen molar-refractivity contribution in [1.82, 2.24) is 10.2 Å². The Morgan fingerprint density at radius 3 is 2.21 bits per heavy atom. The number of benzene rings is 2. The van der Waals surface area contributed by atoms with Gasteiger partial charge in [0.05, 0.1) is 11.9 Å². The van der Waals surface area contributed by atoms with Crippen molar-refractivity contribution in [3.05, 3.63) is 64.7 Å². The van der Waals surface area contributed by atoms with E-state index in [1.54, 1.807) is 24.3 Å². The van der Waals surface area contributed by atoms with E-state index < -0.39 is 28.5 Å². The summed E-state index contributed by atoms with van der Waals surface area (Å²) in [5, 5.41) is 3.37. The lowest BCUT2D eigenvalue weighted by Crippen LogP contribution is -2.52. The average molecular weight is 508 g/mol. The lowest BCUT2D eigenvalue weighted by Gasteiger charge is -2.33. The van der Waals surface area contributed by atoms with Crippen molar-refractivity contribution >= 4 is 39.1 Å². The molecule has 2 aromatic carbocycles. The number of hydrogen-bond donors (Lipinski definition) is 1. The predicted octanol–water partition coefficient (Wildman–Crippen LogP) is 3.99. The molecule has 1 atom stereocenters. The molecule has 0 aliphatic carbocycles. The summed E-state index contributed by atoms with van der Waals surface area (Å²) in [4.78, 5) is 28.1. The minimum Gasteiger partial charge on any atom is -0.354 e. The summed E-state index contributed by atoms with van der Waals surface area (Å²) in [6.45, 7) is 8.01. The number of anilines is 1. The van der Waals surface area contributed by atoms with E-state index in [4.69, 9.17) is 11.6 Å². The number of hydrogen-bond acceptors (Lipinski definition) is 4. The van der Waals surface area contributed by atoms with Gasteiger partial charge >= 0.3 is 0 Å². The van der Waals surface area contributed by atoms with Crippen molar-refractivity contribution in [1.29, 1.82) is 0 Å². The molecule has 7 nitrogen and oxygen atoms in total. The number of sulfonamides is 1. The third kappa shape index (κ3) is 7.74. The number of carbonyl (C=O) groups is 2. The molecular weight excluding hydrogens is 474 g/mol. The maximum Gasteiger partial charge on any atom is 0.244 e. The van der Waals surface area contributed by atoms with Crippen molar-refractivity contribution in [2.45, 2.75) is 46.7 Å². The Balaban J connectivity index is 2.42. The fourth-order valence-corrected chi connectivity index (χ4v) is 4.51. The van der Waals surface area contributed by atoms with Gasteiger partial charge in [-0.15, -0.1) is 0 Å². The number of carbonyl (C=O) groups excluding carboxylic acids is 2. The zero-order chi connectivity index (χ0) is 25.5. The number of amides is 2. The minimum atomic E-state index is -3.77. The van der Waals surface area contributed by atoms with Gasteiger partial charge in [0.25, 0.3) is 0 Å². The zero-order valence-electron chi connectivity index (χ0n) is 20.4. The third-order valence-corrected chi connectivity index (χ3v) is 6.86. The van der Waals surface area contributed by atoms with Gasteiger partial charge in [-0.3, -0.25) is 13.9 Å². The first-order valence-electron chi connectivity index (χ1n) is 11.3. The normalized spacial score (nSPS) is 12.3. The number of aryl methyl sites for hydroxylation is 1. The van der Waals surface area contributed by atoms with Crippen LogP contribution >= 0.6 is 11.6 Å². The molecule has 186 valence electrons. The van der Waals surface area contributed by atoms with Crippen LogP contribution in [0.5, 0.6) is 0 Å². The average Bonchev–Trinajstić information content (AvgIpc) is 2.77. The number of nitrogens with zero attached hydrogens (tertiary/aromatic N) is 2. The molecule has 0 heterocycles. The van der Waals surface area contributed by atoms with Gasteiger partial charge in [0.1, 0.15) is 12.6 Å². The molecule has 2 aromatic rings. The summed E-state index contributed by atoms with van der Waals surface area (Å²) < 4.78 is 26.2. The van der Waals surface area contributed by atoms with Gasteiger partial charge in [-0.2, -0.15) is 0 Å². The molecule has 0 fully saturated rings. The van der Waals surface area contributed by atoms with Gasteiger partial charge in [-0.1, -0.05) is 56.6 Å². The zero-order valence-corrected chi connectivity index (χ0v) is 22.0. The maximum absolute atomic E-state index is 13.6. The summed E-state index contributed by atoms with van der Waals surface area (Å²) in [6, 6.07) is 13.1. The Kier molecular flexibility index (Phi) is 9.94. The minimum absolute atomic E-state index is 0.192. The molecule has 2 amide bonds. The van der Waals surface area contributed by atoms with Crippen LogP contribution in [0.25, 0.3) is 0 Å². The standard InChI is InChI=1S/C25H34ClN3O4S/c1-6-23(25(31)27-15-18(2)3)28(16-20-10-8-7-9-19(20)4)24(30)17-29(34(5,32)33)22-13-11-21(26)12-14-22/h7-14,18,23H,6,15-17H2,1-5H3,(H,27,31)/t23-/m1/s1. The van der Waals surface area contributed by atoms with Crippen LogP contribution in [0.1, 0.15) is 38.3 Å². The first kappa shape index (κ1) is 27.7. The van der Waals surface area contributed by atoms with Crippen molar-refractivity contribution in [3.8, 4) is 0 Å². The predicted molar refractivity (Wildman–Crippen MR) is 137 cm³/mol. The molecule has 0 radical (unpaired) electrons. The summed E-state index contributed by atoms with van der Waals surface area (Å²) in [7, 11) is -3.77. The second kappa shape index (κ2) is 12.2. The Bertz CT molecular complexity index is 1090. The van der Waals surface area contributed by atoms with Crippen molar-refractivity contribution in [2.75, 3.05) is 23.7 Å². The molecule has 0 aliphatic heterocycles. The number of nitrogens with one attached hydrogen (secondary N) is 1. The van der Waals surface area contributed by atoms with Crippen LogP contribution in [-0.2, 0) is 26.2 Å². The highest BCUT2D eigenvalue weighted by Gasteiger charge is 2.32. The smallest absolute Gasteiger partial charge is 0.244 e. The van der Waals surface area contributed by atoms with Gasteiger partial charge < -0.3 is 10.2 Å². The van der Waals surface area contributed by atoms with Crippen LogP contribution in [0, 0.1) is 12.8 Å². The van der Waals surface area contributed by atoms with Crippen LogP contribution in [0.15, 0.2) is 48.5 Å². The Labute approximate surface area is 208 Å². The topological polar surface area (TPSA) is 86.8 Å². The Morgan fingerprint density at radius 1 is 1.06 bits per heavy atom. The van der Waals surface area contributed by atoms with Gasteiger partial charge in [-0.05, 0) is 54.7 Å². The van der Waals surface area contributed by atoms with Crippen LogP contribution in [0.3, 0.4) is 0 Å². The number of rotatable bonds is 11. The van der Waals surface area contributed by atoms with Crippen LogP contribution in [0.4, 0.5) is 5.69 Å². The van der Waals surface area contributed by atoms with Crippen LogP contribution in [-0.4, -0.2) is 50.5 Å². The van der Waals surface area contributed by atoms with Crippen molar-refractivity contribution in [3.63, 3.8) is 0 Å². The van der Waals surface area contributed by atoms with Crippen molar-refractivity contribution < 1.29 is 18.0 Å². The fraction of sp³-hybridized carbons (Fsp3) is 0.440. The summed E-state index contributed by atoms with van der Waals surface area (Å²) >= 11 is 5.95. The Morgan fingerprint density at radius 2 is 1.68 bits per heavy atom. The number of halogens is 1. The SMILES string of the molecule is CC[C@H](C(=O)NCC(C)C)N(Cc1ccccc1C)C(=O)CN(c1ccc(Cl)cc1)S(C)(=O)=O. The first-order valence-corrected chi connectivity index (χ1v) is 13.5. The van der Waals surface area contributed by atoms with E-state index in [1.165, 1.54) is 4.90 Å². The quantitative estimate of drug-likeness (QED) is 0.498. The lowest BCUT2D eigenvalue weighted by molar-refractivity contribution is -0.140. The molecule has 0 spiro atoms. The molecule has 2 rings (SSSR count). The van der Waals surface area contributed by atoms with E-state index in [0.29, 0.717) is 23.7 Å². The van der Waals surface area contributed by atoms with E-state index in [9.17, 15) is 18.0 Å². The summed E-state index contributed by atoms with van der Waals surface area (Å²) in [5.41, 5.74) is 2.20. The summed E-state index contributed by atoms with van der Waals surface area (Å²) in [6.07, 6.45) is 1.44. The van der Waals surface area contributed by atoms with Gasteiger partial charge in [0, 0.05) is 18.1 Å². The first-order chi connectivity index (χ1) is 15.9. The molecule has 0 aliphatic rings. The molecule has 0 bridgehead atoms. The van der Waals surface area contributed by atoms with Crippen LogP contribution in [0.2, 0.25) is 5.02 Å². The monoisotopic (exact) mass is 507 g/mol. The van der Waals surface area contributed by atoms with E-state index in [0.717, 1.165) is 21.7 Å². The summed E-state index contributed by atoms with van der Waals surface area (Å²) in [5.74, 6) is -0.460. The van der Waals surface area contributed by atoms with Gasteiger partial charge in [0.15, 0.2) is 0 Å². The van der Waals surface area contributed by atoms with Gasteiger partial charge in [0.2, 0.25) is 21.8 Å². The molecular formula is C25H34ClN3O4S.